The lowest BCUT2D eigenvalue weighted by Crippen LogP contribution is -2.04. The third-order valence-electron chi connectivity index (χ3n) is 4.29. The summed E-state index contributed by atoms with van der Waals surface area (Å²) in [5.41, 5.74) is 6.51. The number of aryl methyl sites for hydroxylation is 2. The van der Waals surface area contributed by atoms with E-state index in [1.54, 1.807) is 0 Å². The first-order valence-corrected chi connectivity index (χ1v) is 7.26. The molecule has 3 heteroatoms. The van der Waals surface area contributed by atoms with Crippen molar-refractivity contribution in [1.82, 2.24) is 14.6 Å². The van der Waals surface area contributed by atoms with Crippen molar-refractivity contribution < 1.29 is 0 Å². The first-order valence-electron chi connectivity index (χ1n) is 7.26. The zero-order valence-corrected chi connectivity index (χ0v) is 11.6. The summed E-state index contributed by atoms with van der Waals surface area (Å²) in [6.45, 7) is 1.99. The van der Waals surface area contributed by atoms with E-state index >= 15 is 0 Å². The minimum absolute atomic E-state index is 0.937. The molecule has 20 heavy (non-hydrogen) atoms. The molecule has 0 atom stereocenters. The molecule has 1 aromatic carbocycles. The maximum Gasteiger partial charge on any atom is 0.168 e. The first-order chi connectivity index (χ1) is 9.84. The van der Waals surface area contributed by atoms with Crippen molar-refractivity contribution in [3.05, 3.63) is 53.5 Å². The summed E-state index contributed by atoms with van der Waals surface area (Å²) in [5.74, 6) is 0.937. The van der Waals surface area contributed by atoms with E-state index in [4.69, 9.17) is 0 Å². The Morgan fingerprint density at radius 1 is 0.950 bits per heavy atom. The molecule has 2 aromatic heterocycles. The average molecular weight is 263 g/mol. The first kappa shape index (κ1) is 11.6. The molecule has 100 valence electrons. The Morgan fingerprint density at radius 3 is 2.75 bits per heavy atom. The van der Waals surface area contributed by atoms with Gasteiger partial charge in [0.25, 0.3) is 0 Å². The SMILES string of the molecule is Cc1nnc2c(-c3cccc4c3CCCC4)cccn12. The molecule has 0 amide bonds. The second-order valence-electron chi connectivity index (χ2n) is 5.51. The van der Waals surface area contributed by atoms with Gasteiger partial charge in [-0.2, -0.15) is 0 Å². The predicted molar refractivity (Wildman–Crippen MR) is 79.8 cm³/mol. The van der Waals surface area contributed by atoms with E-state index in [1.807, 2.05) is 13.1 Å². The van der Waals surface area contributed by atoms with Crippen LogP contribution in [-0.4, -0.2) is 14.6 Å². The predicted octanol–water partition coefficient (Wildman–Crippen LogP) is 3.58. The zero-order chi connectivity index (χ0) is 13.5. The van der Waals surface area contributed by atoms with E-state index in [0.717, 1.165) is 11.5 Å². The summed E-state index contributed by atoms with van der Waals surface area (Å²) >= 11 is 0. The molecule has 0 aliphatic heterocycles. The Hall–Kier alpha value is -2.16. The van der Waals surface area contributed by atoms with Crippen LogP contribution in [0.25, 0.3) is 16.8 Å². The molecule has 0 unspecified atom stereocenters. The van der Waals surface area contributed by atoms with Gasteiger partial charge >= 0.3 is 0 Å². The number of aromatic nitrogens is 3. The van der Waals surface area contributed by atoms with Gasteiger partial charge in [-0.25, -0.2) is 0 Å². The van der Waals surface area contributed by atoms with Crippen molar-refractivity contribution in [3.63, 3.8) is 0 Å². The van der Waals surface area contributed by atoms with Crippen molar-refractivity contribution in [1.29, 1.82) is 0 Å². The summed E-state index contributed by atoms with van der Waals surface area (Å²) < 4.78 is 2.07. The van der Waals surface area contributed by atoms with E-state index < -0.39 is 0 Å². The van der Waals surface area contributed by atoms with Gasteiger partial charge in [0.2, 0.25) is 0 Å². The fourth-order valence-electron chi connectivity index (χ4n) is 3.28. The van der Waals surface area contributed by atoms with E-state index in [2.05, 4.69) is 44.9 Å². The molecule has 0 saturated carbocycles. The summed E-state index contributed by atoms with van der Waals surface area (Å²) in [7, 11) is 0. The number of benzene rings is 1. The highest BCUT2D eigenvalue weighted by Gasteiger charge is 2.16. The van der Waals surface area contributed by atoms with Crippen molar-refractivity contribution in [2.75, 3.05) is 0 Å². The van der Waals surface area contributed by atoms with Crippen molar-refractivity contribution >= 4 is 5.65 Å². The second-order valence-corrected chi connectivity index (χ2v) is 5.51. The molecule has 0 bridgehead atoms. The number of nitrogens with zero attached hydrogens (tertiary/aromatic N) is 3. The molecule has 1 aliphatic rings. The van der Waals surface area contributed by atoms with Crippen molar-refractivity contribution in [3.8, 4) is 11.1 Å². The van der Waals surface area contributed by atoms with Gasteiger partial charge in [-0.1, -0.05) is 18.2 Å². The zero-order valence-electron chi connectivity index (χ0n) is 11.6. The van der Waals surface area contributed by atoms with Crippen molar-refractivity contribution in [2.24, 2.45) is 0 Å². The van der Waals surface area contributed by atoms with E-state index in [0.29, 0.717) is 0 Å². The summed E-state index contributed by atoms with van der Waals surface area (Å²) in [5, 5.41) is 8.56. The van der Waals surface area contributed by atoms with Gasteiger partial charge in [-0.3, -0.25) is 4.40 Å². The summed E-state index contributed by atoms with van der Waals surface area (Å²) in [6, 6.07) is 10.9. The van der Waals surface area contributed by atoms with Gasteiger partial charge in [0.05, 0.1) is 0 Å². The minimum Gasteiger partial charge on any atom is -0.286 e. The highest BCUT2D eigenvalue weighted by atomic mass is 15.2. The molecule has 2 heterocycles. The second kappa shape index (κ2) is 4.44. The summed E-state index contributed by atoms with van der Waals surface area (Å²) in [6.07, 6.45) is 7.02. The van der Waals surface area contributed by atoms with Crippen LogP contribution in [0.5, 0.6) is 0 Å². The molecule has 0 radical (unpaired) electrons. The number of pyridine rings is 1. The Balaban J connectivity index is 2.00. The van der Waals surface area contributed by atoms with Gasteiger partial charge in [0, 0.05) is 11.8 Å². The summed E-state index contributed by atoms with van der Waals surface area (Å²) in [4.78, 5) is 0. The average Bonchev–Trinajstić information content (AvgIpc) is 2.88. The topological polar surface area (TPSA) is 30.2 Å². The van der Waals surface area contributed by atoms with Crippen molar-refractivity contribution in [2.45, 2.75) is 32.6 Å². The lowest BCUT2D eigenvalue weighted by Gasteiger charge is -2.19. The van der Waals surface area contributed by atoms with Crippen LogP contribution >= 0.6 is 0 Å². The van der Waals surface area contributed by atoms with Crippen LogP contribution in [0.1, 0.15) is 29.8 Å². The Kier molecular flexibility index (Phi) is 2.59. The minimum atomic E-state index is 0.937. The Morgan fingerprint density at radius 2 is 1.80 bits per heavy atom. The third-order valence-corrected chi connectivity index (χ3v) is 4.29. The normalized spacial score (nSPS) is 14.4. The van der Waals surface area contributed by atoms with Gasteiger partial charge in [0.15, 0.2) is 5.65 Å². The lowest BCUT2D eigenvalue weighted by atomic mass is 9.86. The fraction of sp³-hybridized carbons (Fsp3) is 0.294. The quantitative estimate of drug-likeness (QED) is 0.671. The number of fused-ring (bicyclic) bond motifs is 2. The molecule has 3 nitrogen and oxygen atoms in total. The Bertz CT molecular complexity index is 786. The highest BCUT2D eigenvalue weighted by molar-refractivity contribution is 5.80. The molecule has 0 spiro atoms. The van der Waals surface area contributed by atoms with Gasteiger partial charge < -0.3 is 0 Å². The monoisotopic (exact) mass is 263 g/mol. The third kappa shape index (κ3) is 1.66. The van der Waals surface area contributed by atoms with Crippen LogP contribution in [0.3, 0.4) is 0 Å². The van der Waals surface area contributed by atoms with Gasteiger partial charge in [-0.05, 0) is 61.4 Å². The fourth-order valence-corrected chi connectivity index (χ4v) is 3.28. The molecular weight excluding hydrogens is 246 g/mol. The van der Waals surface area contributed by atoms with Crippen LogP contribution in [0.2, 0.25) is 0 Å². The van der Waals surface area contributed by atoms with E-state index in [1.165, 1.54) is 47.9 Å². The molecule has 4 rings (SSSR count). The van der Waals surface area contributed by atoms with Gasteiger partial charge in [-0.15, -0.1) is 10.2 Å². The van der Waals surface area contributed by atoms with Crippen LogP contribution in [-0.2, 0) is 12.8 Å². The van der Waals surface area contributed by atoms with Crippen LogP contribution < -0.4 is 0 Å². The molecule has 1 aliphatic carbocycles. The van der Waals surface area contributed by atoms with Crippen LogP contribution in [0.4, 0.5) is 0 Å². The van der Waals surface area contributed by atoms with Crippen LogP contribution in [0, 0.1) is 6.92 Å². The van der Waals surface area contributed by atoms with E-state index in [9.17, 15) is 0 Å². The number of hydrogen-bond donors (Lipinski definition) is 0. The lowest BCUT2D eigenvalue weighted by molar-refractivity contribution is 0.687. The maximum absolute atomic E-state index is 4.36. The van der Waals surface area contributed by atoms with Gasteiger partial charge in [0.1, 0.15) is 5.82 Å². The molecule has 0 saturated heterocycles. The molecule has 0 N–H and O–H groups in total. The number of rotatable bonds is 1. The molecule has 3 aromatic rings. The highest BCUT2D eigenvalue weighted by Crippen LogP contribution is 2.33. The van der Waals surface area contributed by atoms with Crippen LogP contribution in [0.15, 0.2) is 36.5 Å². The number of hydrogen-bond acceptors (Lipinski definition) is 2. The standard InChI is InChI=1S/C17H17N3/c1-12-18-19-17-16(10-5-11-20(12)17)15-9-4-7-13-6-2-3-8-14(13)15/h4-5,7,9-11H,2-3,6,8H2,1H3. The molecular formula is C17H17N3. The van der Waals surface area contributed by atoms with E-state index in [-0.39, 0.29) is 0 Å². The largest absolute Gasteiger partial charge is 0.286 e. The molecule has 0 fully saturated rings. The maximum atomic E-state index is 4.36. The smallest absolute Gasteiger partial charge is 0.168 e. The Labute approximate surface area is 118 Å².